The number of nitrogens with zero attached hydrogens (tertiary/aromatic N) is 1. The number of hydrogen-bond donors (Lipinski definition) is 3. The Bertz CT molecular complexity index is 549. The van der Waals surface area contributed by atoms with Gasteiger partial charge in [-0.3, -0.25) is 0 Å². The van der Waals surface area contributed by atoms with Gasteiger partial charge in [0.25, 0.3) is 0 Å². The summed E-state index contributed by atoms with van der Waals surface area (Å²) in [5.41, 5.74) is -0.116. The topological polar surface area (TPSA) is 109 Å². The standard InChI is InChI=1S/C11H18N2O5S/c1-3-4-8(14)6-12-19(17,18)9-5-10(11(15)16)13(2)7-9/h5,7-8,12,14H,3-4,6H2,1-2H3,(H,15,16). The van der Waals surface area contributed by atoms with Crippen LogP contribution in [0.2, 0.25) is 0 Å². The Balaban J connectivity index is 2.83. The van der Waals surface area contributed by atoms with Crippen molar-refractivity contribution in [1.82, 2.24) is 9.29 Å². The molecule has 0 aliphatic heterocycles. The second-order valence-corrected chi connectivity index (χ2v) is 6.04. The van der Waals surface area contributed by atoms with Crippen LogP contribution in [0.25, 0.3) is 0 Å². The van der Waals surface area contributed by atoms with E-state index in [1.54, 1.807) is 0 Å². The molecule has 1 atom stereocenters. The van der Waals surface area contributed by atoms with Crippen molar-refractivity contribution in [2.75, 3.05) is 6.54 Å². The SMILES string of the molecule is CCCC(O)CNS(=O)(=O)c1cc(C(=O)O)n(C)c1. The van der Waals surface area contributed by atoms with Crippen molar-refractivity contribution in [2.24, 2.45) is 7.05 Å². The average molecular weight is 290 g/mol. The highest BCUT2D eigenvalue weighted by Gasteiger charge is 2.20. The molecule has 1 rings (SSSR count). The molecule has 0 fully saturated rings. The normalized spacial score (nSPS) is 13.4. The average Bonchev–Trinajstić information content (AvgIpc) is 2.70. The molecule has 1 unspecified atom stereocenters. The van der Waals surface area contributed by atoms with Crippen molar-refractivity contribution >= 4 is 16.0 Å². The number of carboxylic acids is 1. The molecule has 0 aromatic carbocycles. The van der Waals surface area contributed by atoms with Gasteiger partial charge in [-0.2, -0.15) is 0 Å². The second-order valence-electron chi connectivity index (χ2n) is 4.27. The maximum absolute atomic E-state index is 11.9. The van der Waals surface area contributed by atoms with Crippen molar-refractivity contribution in [2.45, 2.75) is 30.8 Å². The first-order chi connectivity index (χ1) is 8.77. The third kappa shape index (κ3) is 4.05. The number of hydrogen-bond acceptors (Lipinski definition) is 4. The smallest absolute Gasteiger partial charge is 0.352 e. The zero-order valence-corrected chi connectivity index (χ0v) is 11.6. The summed E-state index contributed by atoms with van der Waals surface area (Å²) in [5, 5.41) is 18.3. The van der Waals surface area contributed by atoms with E-state index in [0.29, 0.717) is 6.42 Å². The fraction of sp³-hybridized carbons (Fsp3) is 0.545. The van der Waals surface area contributed by atoms with E-state index in [9.17, 15) is 18.3 Å². The molecule has 0 saturated heterocycles. The van der Waals surface area contributed by atoms with Crippen LogP contribution in [0.4, 0.5) is 0 Å². The molecule has 8 heteroatoms. The van der Waals surface area contributed by atoms with Crippen LogP contribution in [-0.2, 0) is 17.1 Å². The molecule has 0 bridgehead atoms. The zero-order chi connectivity index (χ0) is 14.6. The van der Waals surface area contributed by atoms with E-state index in [4.69, 9.17) is 5.11 Å². The number of aliphatic hydroxyl groups is 1. The summed E-state index contributed by atoms with van der Waals surface area (Å²) in [5.74, 6) is -1.20. The van der Waals surface area contributed by atoms with E-state index in [-0.39, 0.29) is 17.1 Å². The first-order valence-corrected chi connectivity index (χ1v) is 7.33. The lowest BCUT2D eigenvalue weighted by Crippen LogP contribution is -2.31. The highest BCUT2D eigenvalue weighted by Crippen LogP contribution is 2.13. The summed E-state index contributed by atoms with van der Waals surface area (Å²) in [6.07, 6.45) is 1.72. The fourth-order valence-electron chi connectivity index (χ4n) is 1.62. The van der Waals surface area contributed by atoms with Crippen LogP contribution in [0.15, 0.2) is 17.2 Å². The van der Waals surface area contributed by atoms with Crippen molar-refractivity contribution in [3.63, 3.8) is 0 Å². The number of aliphatic hydroxyl groups excluding tert-OH is 1. The molecule has 0 radical (unpaired) electrons. The summed E-state index contributed by atoms with van der Waals surface area (Å²) >= 11 is 0. The number of aryl methyl sites for hydroxylation is 1. The maximum atomic E-state index is 11.9. The van der Waals surface area contributed by atoms with Gasteiger partial charge in [-0.25, -0.2) is 17.9 Å². The lowest BCUT2D eigenvalue weighted by molar-refractivity contribution is 0.0686. The molecule has 1 aromatic rings. The number of aromatic carboxylic acids is 1. The summed E-state index contributed by atoms with van der Waals surface area (Å²) in [6, 6.07) is 1.08. The molecule has 0 aliphatic carbocycles. The van der Waals surface area contributed by atoms with Gasteiger partial charge in [-0.15, -0.1) is 0 Å². The Hall–Kier alpha value is -1.38. The lowest BCUT2D eigenvalue weighted by atomic mass is 10.2. The molecule has 108 valence electrons. The fourth-order valence-corrected chi connectivity index (χ4v) is 2.76. The Morgan fingerprint density at radius 2 is 2.16 bits per heavy atom. The molecular formula is C11H18N2O5S. The summed E-state index contributed by atoms with van der Waals surface area (Å²) in [6.45, 7) is 1.79. The number of carboxylic acid groups (broad SMARTS) is 1. The van der Waals surface area contributed by atoms with Crippen molar-refractivity contribution in [3.8, 4) is 0 Å². The van der Waals surface area contributed by atoms with E-state index < -0.39 is 22.1 Å². The van der Waals surface area contributed by atoms with Crippen LogP contribution in [0.1, 0.15) is 30.3 Å². The Kier molecular flexibility index (Phi) is 5.10. The van der Waals surface area contributed by atoms with E-state index in [1.807, 2.05) is 6.92 Å². The minimum absolute atomic E-state index is 0.0898. The first-order valence-electron chi connectivity index (χ1n) is 5.85. The predicted octanol–water partition coefficient (Wildman–Crippen LogP) is 0.163. The number of rotatable bonds is 7. The van der Waals surface area contributed by atoms with Gasteiger partial charge >= 0.3 is 5.97 Å². The van der Waals surface area contributed by atoms with Gasteiger partial charge in [0.05, 0.1) is 6.10 Å². The van der Waals surface area contributed by atoms with Crippen molar-refractivity contribution < 1.29 is 23.4 Å². The Labute approximate surface area is 111 Å². The van der Waals surface area contributed by atoms with Crippen molar-refractivity contribution in [1.29, 1.82) is 0 Å². The summed E-state index contributed by atoms with van der Waals surface area (Å²) in [7, 11) is -2.35. The molecule has 0 spiro atoms. The third-order valence-corrected chi connectivity index (χ3v) is 4.03. The van der Waals surface area contributed by atoms with Crippen LogP contribution in [-0.4, -0.2) is 41.8 Å². The zero-order valence-electron chi connectivity index (χ0n) is 10.8. The van der Waals surface area contributed by atoms with Gasteiger partial charge in [0.15, 0.2) is 0 Å². The van der Waals surface area contributed by atoms with E-state index in [0.717, 1.165) is 12.5 Å². The highest BCUT2D eigenvalue weighted by atomic mass is 32.2. The number of carbonyl (C=O) groups is 1. The van der Waals surface area contributed by atoms with E-state index in [1.165, 1.54) is 17.8 Å². The molecule has 7 nitrogen and oxygen atoms in total. The lowest BCUT2D eigenvalue weighted by Gasteiger charge is -2.10. The van der Waals surface area contributed by atoms with Crippen molar-refractivity contribution in [3.05, 3.63) is 18.0 Å². The molecule has 3 N–H and O–H groups in total. The van der Waals surface area contributed by atoms with Gasteiger partial charge < -0.3 is 14.8 Å². The van der Waals surface area contributed by atoms with Gasteiger partial charge in [0.1, 0.15) is 10.6 Å². The van der Waals surface area contributed by atoms with Gasteiger partial charge in [-0.05, 0) is 12.5 Å². The quantitative estimate of drug-likeness (QED) is 0.663. The van der Waals surface area contributed by atoms with Crippen LogP contribution >= 0.6 is 0 Å². The maximum Gasteiger partial charge on any atom is 0.352 e. The molecule has 0 saturated carbocycles. The minimum atomic E-state index is -3.80. The minimum Gasteiger partial charge on any atom is -0.477 e. The molecule has 0 amide bonds. The third-order valence-electron chi connectivity index (χ3n) is 2.64. The van der Waals surface area contributed by atoms with Crippen LogP contribution in [0.3, 0.4) is 0 Å². The largest absolute Gasteiger partial charge is 0.477 e. The molecule has 19 heavy (non-hydrogen) atoms. The second kappa shape index (κ2) is 6.18. The molecular weight excluding hydrogens is 272 g/mol. The van der Waals surface area contributed by atoms with Crippen LogP contribution < -0.4 is 4.72 Å². The first kappa shape index (κ1) is 15.7. The number of sulfonamides is 1. The number of aromatic nitrogens is 1. The van der Waals surface area contributed by atoms with Gasteiger partial charge in [0, 0.05) is 19.8 Å². The van der Waals surface area contributed by atoms with Crippen LogP contribution in [0, 0.1) is 0 Å². The monoisotopic (exact) mass is 290 g/mol. The Morgan fingerprint density at radius 3 is 2.63 bits per heavy atom. The molecule has 1 heterocycles. The van der Waals surface area contributed by atoms with Gasteiger partial charge in [0.2, 0.25) is 10.0 Å². The van der Waals surface area contributed by atoms with Gasteiger partial charge in [-0.1, -0.05) is 13.3 Å². The predicted molar refractivity (Wildman–Crippen MR) is 68.5 cm³/mol. The molecule has 1 aromatic heterocycles. The summed E-state index contributed by atoms with van der Waals surface area (Å²) in [4.78, 5) is 10.7. The highest BCUT2D eigenvalue weighted by molar-refractivity contribution is 7.89. The Morgan fingerprint density at radius 1 is 1.53 bits per heavy atom. The number of nitrogens with one attached hydrogen (secondary N) is 1. The molecule has 0 aliphatic rings. The van der Waals surface area contributed by atoms with E-state index >= 15 is 0 Å². The summed E-state index contributed by atoms with van der Waals surface area (Å²) < 4.78 is 27.3. The van der Waals surface area contributed by atoms with Crippen LogP contribution in [0.5, 0.6) is 0 Å². The van der Waals surface area contributed by atoms with E-state index in [2.05, 4.69) is 4.72 Å².